The smallest absolute Gasteiger partial charge is 0.189 e. The molecule has 0 radical (unpaired) electrons. The normalized spacial score (nSPS) is 16.6. The molecule has 0 heterocycles. The lowest BCUT2D eigenvalue weighted by atomic mass is 9.95. The predicted octanol–water partition coefficient (Wildman–Crippen LogP) is 5.62. The lowest BCUT2D eigenvalue weighted by Crippen LogP contribution is -2.06. The van der Waals surface area contributed by atoms with Crippen LogP contribution in [-0.4, -0.2) is 11.3 Å². The minimum absolute atomic E-state index is 0.0397. The lowest BCUT2D eigenvalue weighted by molar-refractivity contribution is 0.406. The van der Waals surface area contributed by atoms with Crippen molar-refractivity contribution in [2.75, 3.05) is 5.32 Å². The van der Waals surface area contributed by atoms with Gasteiger partial charge in [0, 0.05) is 18.5 Å². The molecule has 0 amide bonds. The van der Waals surface area contributed by atoms with E-state index in [1.165, 1.54) is 18.2 Å². The molecule has 2 N–H and O–H groups in total. The summed E-state index contributed by atoms with van der Waals surface area (Å²) in [6, 6.07) is 6.95. The molecular formula is C19H15ClF3NO. The van der Waals surface area contributed by atoms with E-state index in [9.17, 15) is 18.3 Å². The quantitative estimate of drug-likeness (QED) is 0.737. The van der Waals surface area contributed by atoms with Crippen LogP contribution >= 0.6 is 11.6 Å². The third kappa shape index (κ3) is 3.82. The molecule has 2 aromatic carbocycles. The summed E-state index contributed by atoms with van der Waals surface area (Å²) in [4.78, 5) is 0. The van der Waals surface area contributed by atoms with Crippen LogP contribution in [-0.2, 0) is 6.54 Å². The molecule has 2 nitrogen and oxygen atoms in total. The van der Waals surface area contributed by atoms with E-state index in [0.29, 0.717) is 5.56 Å². The van der Waals surface area contributed by atoms with E-state index >= 15 is 0 Å². The third-order valence-electron chi connectivity index (χ3n) is 3.98. The fraction of sp³-hybridized carbons (Fsp3) is 0.158. The van der Waals surface area contributed by atoms with Crippen LogP contribution in [0.25, 0.3) is 5.57 Å². The fourth-order valence-corrected chi connectivity index (χ4v) is 2.86. The Morgan fingerprint density at radius 3 is 2.76 bits per heavy atom. The Bertz CT molecular complexity index is 864. The minimum Gasteiger partial charge on any atom is -0.505 e. The summed E-state index contributed by atoms with van der Waals surface area (Å²) < 4.78 is 41.5. The van der Waals surface area contributed by atoms with E-state index in [4.69, 9.17) is 11.6 Å². The number of rotatable bonds is 4. The van der Waals surface area contributed by atoms with Crippen LogP contribution in [0, 0.1) is 11.6 Å². The molecule has 6 heteroatoms. The number of nitrogens with one attached hydrogen (secondary N) is 1. The SMILES string of the molecule is Oc1ccc(Cl)c(NCc2cc(C3=CC=CC(F)C3)ccc2F)c1F. The van der Waals surface area contributed by atoms with Gasteiger partial charge in [0.15, 0.2) is 11.6 Å². The summed E-state index contributed by atoms with van der Waals surface area (Å²) in [5.74, 6) is -1.92. The van der Waals surface area contributed by atoms with Gasteiger partial charge in [-0.1, -0.05) is 35.9 Å². The van der Waals surface area contributed by atoms with Crippen molar-refractivity contribution in [3.63, 3.8) is 0 Å². The van der Waals surface area contributed by atoms with Gasteiger partial charge in [0.1, 0.15) is 12.0 Å². The number of allylic oxidation sites excluding steroid dienone is 4. The Kier molecular flexibility index (Phi) is 5.04. The third-order valence-corrected chi connectivity index (χ3v) is 4.29. The van der Waals surface area contributed by atoms with Crippen molar-refractivity contribution in [1.82, 2.24) is 0 Å². The van der Waals surface area contributed by atoms with Gasteiger partial charge in [-0.15, -0.1) is 0 Å². The first-order valence-corrected chi connectivity index (χ1v) is 8.04. The van der Waals surface area contributed by atoms with Crippen LogP contribution in [0.4, 0.5) is 18.9 Å². The lowest BCUT2D eigenvalue weighted by Gasteiger charge is -2.15. The van der Waals surface area contributed by atoms with E-state index in [-0.39, 0.29) is 29.2 Å². The summed E-state index contributed by atoms with van der Waals surface area (Å²) in [5.41, 5.74) is 1.64. The van der Waals surface area contributed by atoms with Crippen LogP contribution < -0.4 is 5.32 Å². The molecule has 0 aliphatic heterocycles. The number of hydrogen-bond acceptors (Lipinski definition) is 2. The van der Waals surface area contributed by atoms with Crippen LogP contribution in [0.5, 0.6) is 5.75 Å². The highest BCUT2D eigenvalue weighted by atomic mass is 35.5. The topological polar surface area (TPSA) is 32.3 Å². The Labute approximate surface area is 148 Å². The highest BCUT2D eigenvalue weighted by Crippen LogP contribution is 2.32. The molecular weight excluding hydrogens is 351 g/mol. The number of phenols is 1. The van der Waals surface area contributed by atoms with E-state index in [2.05, 4.69) is 5.32 Å². The van der Waals surface area contributed by atoms with E-state index in [0.717, 1.165) is 11.6 Å². The summed E-state index contributed by atoms with van der Waals surface area (Å²) in [5, 5.41) is 12.2. The maximum absolute atomic E-state index is 14.1. The molecule has 0 aromatic heterocycles. The monoisotopic (exact) mass is 365 g/mol. The second kappa shape index (κ2) is 7.23. The number of aromatic hydroxyl groups is 1. The number of alkyl halides is 1. The van der Waals surface area contributed by atoms with Gasteiger partial charge in [-0.2, -0.15) is 0 Å². The standard InChI is InChI=1S/C19H15ClF3NO/c20-15-5-7-17(25)18(23)19(15)24-10-13-8-12(4-6-16(13)22)11-2-1-3-14(21)9-11/h1-8,14,24-25H,9-10H2. The highest BCUT2D eigenvalue weighted by Gasteiger charge is 2.15. The van der Waals surface area contributed by atoms with E-state index in [1.807, 2.05) is 0 Å². The van der Waals surface area contributed by atoms with Crippen LogP contribution in [0.1, 0.15) is 17.5 Å². The molecule has 25 heavy (non-hydrogen) atoms. The number of halogens is 4. The Balaban J connectivity index is 1.84. The molecule has 1 aliphatic rings. The zero-order chi connectivity index (χ0) is 18.0. The van der Waals surface area contributed by atoms with Crippen molar-refractivity contribution in [1.29, 1.82) is 0 Å². The van der Waals surface area contributed by atoms with Gasteiger partial charge < -0.3 is 10.4 Å². The molecule has 1 unspecified atom stereocenters. The van der Waals surface area contributed by atoms with Crippen molar-refractivity contribution in [3.05, 3.63) is 76.3 Å². The van der Waals surface area contributed by atoms with Crippen molar-refractivity contribution in [2.24, 2.45) is 0 Å². The molecule has 3 rings (SSSR count). The largest absolute Gasteiger partial charge is 0.505 e. The molecule has 0 spiro atoms. The summed E-state index contributed by atoms with van der Waals surface area (Å²) in [6.07, 6.45) is 4.04. The van der Waals surface area contributed by atoms with E-state index < -0.39 is 23.6 Å². The van der Waals surface area contributed by atoms with Crippen molar-refractivity contribution >= 4 is 22.9 Å². The van der Waals surface area contributed by atoms with Gasteiger partial charge in [0.25, 0.3) is 0 Å². The molecule has 2 aromatic rings. The Morgan fingerprint density at radius 1 is 1.20 bits per heavy atom. The van der Waals surface area contributed by atoms with Crippen LogP contribution in [0.15, 0.2) is 48.6 Å². The van der Waals surface area contributed by atoms with Crippen molar-refractivity contribution in [3.8, 4) is 5.75 Å². The molecule has 0 bridgehead atoms. The number of anilines is 1. The summed E-state index contributed by atoms with van der Waals surface area (Å²) >= 11 is 5.91. The average molecular weight is 366 g/mol. The second-order valence-corrected chi connectivity index (χ2v) is 6.12. The van der Waals surface area contributed by atoms with Gasteiger partial charge in [-0.25, -0.2) is 13.2 Å². The Hall–Kier alpha value is -2.40. The highest BCUT2D eigenvalue weighted by molar-refractivity contribution is 6.33. The zero-order valence-electron chi connectivity index (χ0n) is 13.1. The molecule has 0 fully saturated rings. The molecule has 1 aliphatic carbocycles. The zero-order valence-corrected chi connectivity index (χ0v) is 13.8. The maximum atomic E-state index is 14.1. The van der Waals surface area contributed by atoms with Gasteiger partial charge in [0.05, 0.1) is 10.7 Å². The minimum atomic E-state index is -1.06. The number of hydrogen-bond donors (Lipinski definition) is 2. The second-order valence-electron chi connectivity index (χ2n) is 5.71. The summed E-state index contributed by atoms with van der Waals surface area (Å²) in [7, 11) is 0. The molecule has 0 saturated heterocycles. The van der Waals surface area contributed by atoms with Crippen LogP contribution in [0.3, 0.4) is 0 Å². The molecule has 1 atom stereocenters. The average Bonchev–Trinajstić information content (AvgIpc) is 2.60. The Morgan fingerprint density at radius 2 is 2.00 bits per heavy atom. The summed E-state index contributed by atoms with van der Waals surface area (Å²) in [6.45, 7) is -0.0397. The van der Waals surface area contributed by atoms with Gasteiger partial charge >= 0.3 is 0 Å². The maximum Gasteiger partial charge on any atom is 0.189 e. The molecule has 130 valence electrons. The van der Waals surface area contributed by atoms with Gasteiger partial charge in [-0.05, 0) is 35.4 Å². The first-order valence-electron chi connectivity index (χ1n) is 7.67. The fourth-order valence-electron chi connectivity index (χ4n) is 2.65. The number of phenolic OH excluding ortho intramolecular Hbond substituents is 1. The number of benzene rings is 2. The first kappa shape index (κ1) is 17.4. The van der Waals surface area contributed by atoms with Gasteiger partial charge in [-0.3, -0.25) is 0 Å². The molecule has 0 saturated carbocycles. The van der Waals surface area contributed by atoms with Crippen LogP contribution in [0.2, 0.25) is 5.02 Å². The van der Waals surface area contributed by atoms with Crippen molar-refractivity contribution < 1.29 is 18.3 Å². The predicted molar refractivity (Wildman–Crippen MR) is 93.4 cm³/mol. The first-order chi connectivity index (χ1) is 12.0. The van der Waals surface area contributed by atoms with E-state index in [1.54, 1.807) is 24.3 Å². The van der Waals surface area contributed by atoms with Crippen molar-refractivity contribution in [2.45, 2.75) is 19.1 Å². The van der Waals surface area contributed by atoms with Gasteiger partial charge in [0.2, 0.25) is 0 Å².